The van der Waals surface area contributed by atoms with Gasteiger partial charge in [-0.2, -0.15) is 0 Å². The van der Waals surface area contributed by atoms with Crippen molar-refractivity contribution in [1.82, 2.24) is 9.97 Å². The number of halogens is 1. The highest BCUT2D eigenvalue weighted by atomic mass is 35.5. The molecule has 2 nitrogen and oxygen atoms in total. The molecule has 1 N–H and O–H groups in total. The van der Waals surface area contributed by atoms with Gasteiger partial charge in [0.25, 0.3) is 0 Å². The Morgan fingerprint density at radius 3 is 2.27 bits per heavy atom. The molecule has 0 atom stereocenters. The highest BCUT2D eigenvalue weighted by Gasteiger charge is 2.06. The van der Waals surface area contributed by atoms with Gasteiger partial charge in [0.2, 0.25) is 0 Å². The zero-order valence-electron chi connectivity index (χ0n) is 12.4. The van der Waals surface area contributed by atoms with Gasteiger partial charge in [-0.15, -0.1) is 0 Å². The summed E-state index contributed by atoms with van der Waals surface area (Å²) in [5.41, 5.74) is 6.41. The zero-order chi connectivity index (χ0) is 15.7. The number of hydrogen-bond acceptors (Lipinski definition) is 2. The number of aromatic nitrogens is 2. The number of aryl methyl sites for hydroxylation is 2. The Morgan fingerprint density at radius 2 is 1.59 bits per heavy atom. The summed E-state index contributed by atoms with van der Waals surface area (Å²) in [5.74, 6) is 0. The molecule has 0 unspecified atom stereocenters. The van der Waals surface area contributed by atoms with Gasteiger partial charge in [-0.05, 0) is 67.0 Å². The summed E-state index contributed by atoms with van der Waals surface area (Å²) in [5, 5.41) is 0.714. The van der Waals surface area contributed by atoms with Crippen molar-refractivity contribution in [3.63, 3.8) is 0 Å². The molecular formula is C18H15ClN2S. The highest BCUT2D eigenvalue weighted by Crippen LogP contribution is 2.25. The largest absolute Gasteiger partial charge is 0.330 e. The summed E-state index contributed by atoms with van der Waals surface area (Å²) in [6.45, 7) is 4.20. The molecule has 4 heteroatoms. The predicted octanol–water partition coefficient (Wildman–Crippen LogP) is 5.74. The van der Waals surface area contributed by atoms with Crippen molar-refractivity contribution in [2.24, 2.45) is 0 Å². The molecule has 0 saturated heterocycles. The molecule has 0 fully saturated rings. The van der Waals surface area contributed by atoms with Crippen LogP contribution in [0.15, 0.2) is 48.5 Å². The van der Waals surface area contributed by atoms with Crippen LogP contribution in [0.3, 0.4) is 0 Å². The minimum atomic E-state index is 0.473. The monoisotopic (exact) mass is 326 g/mol. The van der Waals surface area contributed by atoms with Gasteiger partial charge in [-0.3, -0.25) is 0 Å². The summed E-state index contributed by atoms with van der Waals surface area (Å²) in [6.07, 6.45) is 0. The van der Waals surface area contributed by atoms with E-state index in [0.717, 1.165) is 22.5 Å². The molecular weight excluding hydrogens is 312 g/mol. The van der Waals surface area contributed by atoms with Crippen LogP contribution >= 0.6 is 23.8 Å². The molecule has 0 bridgehead atoms. The molecule has 22 heavy (non-hydrogen) atoms. The maximum absolute atomic E-state index is 5.95. The lowest BCUT2D eigenvalue weighted by molar-refractivity contribution is 1.14. The van der Waals surface area contributed by atoms with Crippen molar-refractivity contribution < 1.29 is 0 Å². The maximum atomic E-state index is 5.95. The van der Waals surface area contributed by atoms with E-state index in [2.05, 4.69) is 42.0 Å². The lowest BCUT2D eigenvalue weighted by Crippen LogP contribution is -1.92. The molecule has 0 aliphatic rings. The van der Waals surface area contributed by atoms with Gasteiger partial charge in [0.05, 0.1) is 5.69 Å². The molecule has 0 aliphatic carbocycles. The minimum Gasteiger partial charge on any atom is -0.330 e. The second kappa shape index (κ2) is 6.03. The molecule has 1 heterocycles. The van der Waals surface area contributed by atoms with E-state index in [-0.39, 0.29) is 0 Å². The van der Waals surface area contributed by atoms with E-state index >= 15 is 0 Å². The van der Waals surface area contributed by atoms with Crippen molar-refractivity contribution in [3.05, 3.63) is 69.5 Å². The first-order valence-corrected chi connectivity index (χ1v) is 7.76. The highest BCUT2D eigenvalue weighted by molar-refractivity contribution is 7.71. The van der Waals surface area contributed by atoms with Crippen LogP contribution in [-0.2, 0) is 0 Å². The maximum Gasteiger partial charge on any atom is 0.197 e. The normalized spacial score (nSPS) is 10.7. The second-order valence-electron chi connectivity index (χ2n) is 5.29. The standard InChI is InChI=1S/C18H15ClN2S/c1-11-3-4-14(9-12(11)2)17-10-16(20-18(22)21-17)13-5-7-15(19)8-6-13/h3-10H,1-2H3,(H,20,21,22). The average Bonchev–Trinajstić information content (AvgIpc) is 2.50. The number of H-pyrrole nitrogens is 1. The minimum absolute atomic E-state index is 0.473. The van der Waals surface area contributed by atoms with Gasteiger partial charge >= 0.3 is 0 Å². The number of hydrogen-bond donors (Lipinski definition) is 1. The number of nitrogens with zero attached hydrogens (tertiary/aromatic N) is 1. The Bertz CT molecular complexity index is 882. The van der Waals surface area contributed by atoms with Crippen LogP contribution in [0.5, 0.6) is 0 Å². The number of nitrogens with one attached hydrogen (secondary N) is 1. The van der Waals surface area contributed by atoms with E-state index in [1.54, 1.807) is 0 Å². The Balaban J connectivity index is 2.12. The van der Waals surface area contributed by atoms with E-state index in [0.29, 0.717) is 9.79 Å². The number of rotatable bonds is 2. The van der Waals surface area contributed by atoms with Crippen LogP contribution in [0.25, 0.3) is 22.5 Å². The van der Waals surface area contributed by atoms with E-state index in [9.17, 15) is 0 Å². The lowest BCUT2D eigenvalue weighted by Gasteiger charge is -2.08. The first kappa shape index (κ1) is 14.9. The molecule has 0 spiro atoms. The molecule has 0 radical (unpaired) electrons. The van der Waals surface area contributed by atoms with Gasteiger partial charge in [-0.1, -0.05) is 35.9 Å². The van der Waals surface area contributed by atoms with E-state index in [1.165, 1.54) is 11.1 Å². The van der Waals surface area contributed by atoms with Crippen LogP contribution in [0.4, 0.5) is 0 Å². The third-order valence-corrected chi connectivity index (χ3v) is 4.15. The third kappa shape index (κ3) is 3.11. The Hall–Kier alpha value is -1.97. The second-order valence-corrected chi connectivity index (χ2v) is 6.11. The van der Waals surface area contributed by atoms with Crippen LogP contribution < -0.4 is 0 Å². The van der Waals surface area contributed by atoms with Crippen LogP contribution in [0, 0.1) is 18.6 Å². The SMILES string of the molecule is Cc1ccc(-c2cc(-c3ccc(Cl)cc3)[nH]c(=S)n2)cc1C. The molecule has 0 amide bonds. The fraction of sp³-hybridized carbons (Fsp3) is 0.111. The summed E-state index contributed by atoms with van der Waals surface area (Å²) >= 11 is 11.2. The van der Waals surface area contributed by atoms with Gasteiger partial charge in [-0.25, -0.2) is 4.98 Å². The summed E-state index contributed by atoms with van der Waals surface area (Å²) in [7, 11) is 0. The molecule has 1 aromatic heterocycles. The van der Waals surface area contributed by atoms with Crippen molar-refractivity contribution in [2.45, 2.75) is 13.8 Å². The third-order valence-electron chi connectivity index (χ3n) is 3.70. The first-order valence-electron chi connectivity index (χ1n) is 6.98. The van der Waals surface area contributed by atoms with Gasteiger partial charge in [0.15, 0.2) is 4.77 Å². The predicted molar refractivity (Wildman–Crippen MR) is 94.8 cm³/mol. The summed E-state index contributed by atoms with van der Waals surface area (Å²) in [4.78, 5) is 7.59. The Morgan fingerprint density at radius 1 is 0.909 bits per heavy atom. The van der Waals surface area contributed by atoms with Gasteiger partial charge in [0.1, 0.15) is 0 Å². The first-order chi connectivity index (χ1) is 10.5. The lowest BCUT2D eigenvalue weighted by atomic mass is 10.0. The van der Waals surface area contributed by atoms with Crippen molar-refractivity contribution in [2.75, 3.05) is 0 Å². The van der Waals surface area contributed by atoms with E-state index in [1.807, 2.05) is 30.3 Å². The van der Waals surface area contributed by atoms with Gasteiger partial charge in [0, 0.05) is 16.3 Å². The average molecular weight is 327 g/mol. The quantitative estimate of drug-likeness (QED) is 0.608. The van der Waals surface area contributed by atoms with Crippen molar-refractivity contribution in [3.8, 4) is 22.5 Å². The smallest absolute Gasteiger partial charge is 0.197 e. The van der Waals surface area contributed by atoms with Crippen LogP contribution in [0.2, 0.25) is 5.02 Å². The molecule has 3 rings (SSSR count). The molecule has 3 aromatic rings. The van der Waals surface area contributed by atoms with Gasteiger partial charge < -0.3 is 4.98 Å². The number of benzene rings is 2. The molecule has 2 aromatic carbocycles. The topological polar surface area (TPSA) is 28.7 Å². The van der Waals surface area contributed by atoms with E-state index < -0.39 is 0 Å². The van der Waals surface area contributed by atoms with Crippen molar-refractivity contribution in [1.29, 1.82) is 0 Å². The Kier molecular flexibility index (Phi) is 4.10. The van der Waals surface area contributed by atoms with Crippen LogP contribution in [-0.4, -0.2) is 9.97 Å². The Labute approximate surface area is 139 Å². The molecule has 0 saturated carbocycles. The summed E-state index contributed by atoms with van der Waals surface area (Å²) < 4.78 is 0.473. The zero-order valence-corrected chi connectivity index (χ0v) is 13.9. The van der Waals surface area contributed by atoms with Crippen LogP contribution in [0.1, 0.15) is 11.1 Å². The summed E-state index contributed by atoms with van der Waals surface area (Å²) in [6, 6.07) is 16.0. The molecule has 110 valence electrons. The van der Waals surface area contributed by atoms with Crippen molar-refractivity contribution >= 4 is 23.8 Å². The van der Waals surface area contributed by atoms with E-state index in [4.69, 9.17) is 23.8 Å². The number of aromatic amines is 1. The molecule has 0 aliphatic heterocycles. The fourth-order valence-electron chi connectivity index (χ4n) is 2.29. The fourth-order valence-corrected chi connectivity index (χ4v) is 2.63.